The van der Waals surface area contributed by atoms with Gasteiger partial charge in [-0.15, -0.1) is 0 Å². The van der Waals surface area contributed by atoms with Crippen molar-refractivity contribution in [1.29, 1.82) is 0 Å². The Labute approximate surface area is 126 Å². The maximum absolute atomic E-state index is 5.96. The molecule has 1 rings (SSSR count). The summed E-state index contributed by atoms with van der Waals surface area (Å²) in [5.41, 5.74) is 3.12. The molecule has 0 fully saturated rings. The van der Waals surface area contributed by atoms with Crippen LogP contribution in [0.5, 0.6) is 0 Å². The molecule has 0 heterocycles. The highest BCUT2D eigenvalue weighted by atomic mass is 28.2. The molecule has 112 valence electrons. The molecular formula is C17H28O2Si. The smallest absolute Gasteiger partial charge is 0.167 e. The van der Waals surface area contributed by atoms with Crippen LogP contribution in [0.25, 0.3) is 6.08 Å². The first-order valence-corrected chi connectivity index (χ1v) is 9.01. The van der Waals surface area contributed by atoms with Gasteiger partial charge in [-0.3, -0.25) is 0 Å². The van der Waals surface area contributed by atoms with Gasteiger partial charge >= 0.3 is 0 Å². The molecule has 0 spiro atoms. The Bertz CT molecular complexity index is 392. The standard InChI is InChI=1S/C17H28O2Si/c1-5-15-9-8-10-16(13-15)11-12-19-20-17(6-2)14(4)18-7-3/h5,8-10,13-14,17H,1,6-7,11-12,20H2,2-4H3. The molecule has 2 nitrogen and oxygen atoms in total. The molecule has 0 aliphatic carbocycles. The average Bonchev–Trinajstić information content (AvgIpc) is 2.47. The second-order valence-corrected chi connectivity index (χ2v) is 6.89. The summed E-state index contributed by atoms with van der Waals surface area (Å²) in [6.45, 7) is 11.9. The summed E-state index contributed by atoms with van der Waals surface area (Å²) in [6.07, 6.45) is 4.35. The van der Waals surface area contributed by atoms with Crippen LogP contribution in [-0.4, -0.2) is 29.1 Å². The normalized spacial score (nSPS) is 14.6. The third-order valence-corrected chi connectivity index (χ3v) is 5.87. The second-order valence-electron chi connectivity index (χ2n) is 5.10. The van der Waals surface area contributed by atoms with Gasteiger partial charge in [0.05, 0.1) is 6.10 Å². The van der Waals surface area contributed by atoms with E-state index in [1.165, 1.54) is 11.1 Å². The van der Waals surface area contributed by atoms with E-state index in [4.69, 9.17) is 9.16 Å². The minimum Gasteiger partial charge on any atom is -0.423 e. The molecule has 0 N–H and O–H groups in total. The van der Waals surface area contributed by atoms with Gasteiger partial charge in [0, 0.05) is 13.2 Å². The molecule has 2 unspecified atom stereocenters. The van der Waals surface area contributed by atoms with Crippen LogP contribution in [0.3, 0.4) is 0 Å². The van der Waals surface area contributed by atoms with E-state index < -0.39 is 9.76 Å². The van der Waals surface area contributed by atoms with E-state index in [9.17, 15) is 0 Å². The maximum Gasteiger partial charge on any atom is 0.167 e. The highest BCUT2D eigenvalue weighted by Crippen LogP contribution is 2.17. The van der Waals surface area contributed by atoms with Crippen LogP contribution < -0.4 is 0 Å². The molecular weight excluding hydrogens is 264 g/mol. The van der Waals surface area contributed by atoms with Crippen molar-refractivity contribution >= 4 is 15.8 Å². The molecule has 0 aliphatic rings. The summed E-state index contributed by atoms with van der Waals surface area (Å²) >= 11 is 0. The summed E-state index contributed by atoms with van der Waals surface area (Å²) in [5.74, 6) is 0. The van der Waals surface area contributed by atoms with Gasteiger partial charge in [-0.25, -0.2) is 0 Å². The number of hydrogen-bond acceptors (Lipinski definition) is 2. The molecule has 2 atom stereocenters. The van der Waals surface area contributed by atoms with Crippen LogP contribution in [0, 0.1) is 0 Å². The van der Waals surface area contributed by atoms with E-state index in [0.29, 0.717) is 11.6 Å². The largest absolute Gasteiger partial charge is 0.423 e. The molecule has 0 amide bonds. The predicted molar refractivity (Wildman–Crippen MR) is 89.9 cm³/mol. The van der Waals surface area contributed by atoms with Gasteiger partial charge < -0.3 is 9.16 Å². The van der Waals surface area contributed by atoms with E-state index in [1.807, 2.05) is 6.08 Å². The lowest BCUT2D eigenvalue weighted by Crippen LogP contribution is -2.22. The zero-order valence-electron chi connectivity index (χ0n) is 13.1. The number of ether oxygens (including phenoxy) is 1. The van der Waals surface area contributed by atoms with Crippen molar-refractivity contribution in [3.63, 3.8) is 0 Å². The zero-order chi connectivity index (χ0) is 14.8. The number of hydrogen-bond donors (Lipinski definition) is 0. The van der Waals surface area contributed by atoms with E-state index >= 15 is 0 Å². The quantitative estimate of drug-likeness (QED) is 0.484. The Balaban J connectivity index is 2.30. The molecule has 1 aromatic carbocycles. The Hall–Kier alpha value is -0.903. The number of benzene rings is 1. The predicted octanol–water partition coefficient (Wildman–Crippen LogP) is 3.60. The Morgan fingerprint density at radius 2 is 2.15 bits per heavy atom. The summed E-state index contributed by atoms with van der Waals surface area (Å²) in [5, 5.41) is 0. The SMILES string of the molecule is C=Cc1cccc(CCO[SiH2]C(CC)C(C)OCC)c1. The van der Waals surface area contributed by atoms with Crippen LogP contribution in [-0.2, 0) is 15.6 Å². The highest BCUT2D eigenvalue weighted by molar-refractivity contribution is 6.29. The molecule has 0 saturated carbocycles. The monoisotopic (exact) mass is 292 g/mol. The van der Waals surface area contributed by atoms with Crippen molar-refractivity contribution in [2.45, 2.75) is 45.3 Å². The van der Waals surface area contributed by atoms with Crippen LogP contribution in [0.1, 0.15) is 38.3 Å². The van der Waals surface area contributed by atoms with Gasteiger partial charge in [0.25, 0.3) is 0 Å². The second kappa shape index (κ2) is 9.92. The maximum atomic E-state index is 5.96. The fourth-order valence-electron chi connectivity index (χ4n) is 2.28. The van der Waals surface area contributed by atoms with Crippen LogP contribution in [0.15, 0.2) is 30.8 Å². The molecule has 1 aromatic rings. The van der Waals surface area contributed by atoms with Gasteiger partial charge in [0.2, 0.25) is 0 Å². The van der Waals surface area contributed by atoms with Crippen molar-refractivity contribution in [1.82, 2.24) is 0 Å². The molecule has 20 heavy (non-hydrogen) atoms. The molecule has 0 radical (unpaired) electrons. The van der Waals surface area contributed by atoms with Gasteiger partial charge in [0.1, 0.15) is 0 Å². The first-order valence-electron chi connectivity index (χ1n) is 7.61. The molecule has 0 saturated heterocycles. The van der Waals surface area contributed by atoms with Gasteiger partial charge in [0.15, 0.2) is 9.76 Å². The fourth-order valence-corrected chi connectivity index (χ4v) is 3.54. The van der Waals surface area contributed by atoms with E-state index in [1.54, 1.807) is 0 Å². The molecule has 0 aliphatic heterocycles. The minimum absolute atomic E-state index is 0.334. The minimum atomic E-state index is -0.518. The summed E-state index contributed by atoms with van der Waals surface area (Å²) in [4.78, 5) is 0. The third-order valence-electron chi connectivity index (χ3n) is 3.67. The van der Waals surface area contributed by atoms with Gasteiger partial charge in [-0.2, -0.15) is 0 Å². The van der Waals surface area contributed by atoms with Crippen molar-refractivity contribution in [3.8, 4) is 0 Å². The summed E-state index contributed by atoms with van der Waals surface area (Å²) in [6, 6.07) is 8.48. The topological polar surface area (TPSA) is 18.5 Å². The van der Waals surface area contributed by atoms with Crippen molar-refractivity contribution in [2.75, 3.05) is 13.2 Å². The lowest BCUT2D eigenvalue weighted by atomic mass is 10.1. The van der Waals surface area contributed by atoms with E-state index in [0.717, 1.165) is 26.1 Å². The summed E-state index contributed by atoms with van der Waals surface area (Å²) in [7, 11) is -0.518. The van der Waals surface area contributed by atoms with Crippen molar-refractivity contribution in [3.05, 3.63) is 42.0 Å². The van der Waals surface area contributed by atoms with Crippen molar-refractivity contribution < 1.29 is 9.16 Å². The summed E-state index contributed by atoms with van der Waals surface area (Å²) < 4.78 is 11.6. The lowest BCUT2D eigenvalue weighted by Gasteiger charge is -2.21. The third kappa shape index (κ3) is 6.03. The van der Waals surface area contributed by atoms with Crippen LogP contribution >= 0.6 is 0 Å². The lowest BCUT2D eigenvalue weighted by molar-refractivity contribution is 0.0665. The first kappa shape index (κ1) is 17.1. The Morgan fingerprint density at radius 1 is 1.35 bits per heavy atom. The average molecular weight is 292 g/mol. The number of rotatable bonds is 10. The van der Waals surface area contributed by atoms with E-state index in [-0.39, 0.29) is 0 Å². The highest BCUT2D eigenvalue weighted by Gasteiger charge is 2.16. The zero-order valence-corrected chi connectivity index (χ0v) is 14.5. The Kier molecular flexibility index (Phi) is 8.50. The van der Waals surface area contributed by atoms with Crippen LogP contribution in [0.4, 0.5) is 0 Å². The molecule has 0 aromatic heterocycles. The van der Waals surface area contributed by atoms with Gasteiger partial charge in [-0.05, 0) is 36.9 Å². The Morgan fingerprint density at radius 3 is 2.80 bits per heavy atom. The molecule has 3 heteroatoms. The van der Waals surface area contributed by atoms with Crippen LogP contribution in [0.2, 0.25) is 5.54 Å². The fraction of sp³-hybridized carbons (Fsp3) is 0.529. The van der Waals surface area contributed by atoms with Gasteiger partial charge in [-0.1, -0.05) is 50.3 Å². The first-order chi connectivity index (χ1) is 9.71. The van der Waals surface area contributed by atoms with E-state index in [2.05, 4.69) is 51.6 Å². The van der Waals surface area contributed by atoms with Crippen molar-refractivity contribution in [2.24, 2.45) is 0 Å². The molecule has 0 bridgehead atoms.